The van der Waals surface area contributed by atoms with E-state index >= 15 is 4.39 Å². The molecule has 0 saturated heterocycles. The lowest BCUT2D eigenvalue weighted by Crippen LogP contribution is -2.45. The number of pyridine rings is 1. The normalized spacial score (nSPS) is 24.1. The van der Waals surface area contributed by atoms with Crippen molar-refractivity contribution in [2.75, 3.05) is 0 Å². The molecule has 3 aliphatic rings. The van der Waals surface area contributed by atoms with Crippen molar-refractivity contribution in [3.05, 3.63) is 52.6 Å². The smallest absolute Gasteiger partial charge is 0.307 e. The first-order valence-electron chi connectivity index (χ1n) is 11.4. The fourth-order valence-electron chi connectivity index (χ4n) is 5.98. The molecular weight excluding hydrogens is 458 g/mol. The van der Waals surface area contributed by atoms with Crippen LogP contribution in [-0.2, 0) is 11.2 Å². The quantitative estimate of drug-likeness (QED) is 0.382. The van der Waals surface area contributed by atoms with Crippen molar-refractivity contribution in [3.8, 4) is 22.6 Å². The average Bonchev–Trinajstić information content (AvgIpc) is 3.51. The Morgan fingerprint density at radius 2 is 1.97 bits per heavy atom. The van der Waals surface area contributed by atoms with Gasteiger partial charge in [0.2, 0.25) is 0 Å². The summed E-state index contributed by atoms with van der Waals surface area (Å²) in [5, 5.41) is 14.1. The number of thiophene rings is 1. The molecule has 9 heteroatoms. The second-order valence-electron chi connectivity index (χ2n) is 9.33. The molecule has 4 aromatic heterocycles. The minimum atomic E-state index is -0.801. The van der Waals surface area contributed by atoms with E-state index in [9.17, 15) is 14.3 Å². The van der Waals surface area contributed by atoms with Crippen LogP contribution in [0.4, 0.5) is 8.78 Å². The van der Waals surface area contributed by atoms with Gasteiger partial charge in [-0.1, -0.05) is 0 Å². The largest absolute Gasteiger partial charge is 0.481 e. The van der Waals surface area contributed by atoms with Crippen molar-refractivity contribution in [1.29, 1.82) is 0 Å². The van der Waals surface area contributed by atoms with Gasteiger partial charge < -0.3 is 10.1 Å². The van der Waals surface area contributed by atoms with E-state index in [1.54, 1.807) is 12.3 Å². The van der Waals surface area contributed by atoms with Crippen LogP contribution in [-0.4, -0.2) is 31.0 Å². The number of halogens is 2. The number of fused-ring (bicyclic) bond motifs is 4. The zero-order valence-electron chi connectivity index (χ0n) is 18.2. The molecule has 2 N–H and O–H groups in total. The molecular formula is C25H22F2N4O2S. The molecule has 2 unspecified atom stereocenters. The topological polar surface area (TPSA) is 91.8 Å². The summed E-state index contributed by atoms with van der Waals surface area (Å²) in [6.07, 6.45) is 6.81. The van der Waals surface area contributed by atoms with Gasteiger partial charge in [0.1, 0.15) is 17.2 Å². The molecule has 2 atom stereocenters. The summed E-state index contributed by atoms with van der Waals surface area (Å²) < 4.78 is 29.8. The molecule has 2 bridgehead atoms. The number of hydrogen-bond acceptors (Lipinski definition) is 5. The maximum absolute atomic E-state index is 15.8. The number of rotatable bonds is 5. The number of carboxylic acids is 1. The van der Waals surface area contributed by atoms with Gasteiger partial charge in [-0.05, 0) is 67.4 Å². The van der Waals surface area contributed by atoms with Gasteiger partial charge >= 0.3 is 5.97 Å². The minimum absolute atomic E-state index is 0.135. The highest BCUT2D eigenvalue weighted by Gasteiger charge is 2.47. The summed E-state index contributed by atoms with van der Waals surface area (Å²) in [4.78, 5) is 28.3. The Morgan fingerprint density at radius 1 is 1.18 bits per heavy atom. The molecule has 0 radical (unpaired) electrons. The van der Waals surface area contributed by atoms with E-state index in [2.05, 4.69) is 19.9 Å². The third-order valence-electron chi connectivity index (χ3n) is 7.56. The number of aromatic amines is 1. The number of H-pyrrole nitrogens is 1. The number of hydrogen-bond donors (Lipinski definition) is 2. The minimum Gasteiger partial charge on any atom is -0.481 e. The Bertz CT molecular complexity index is 1380. The fourth-order valence-corrected chi connectivity index (χ4v) is 6.62. The van der Waals surface area contributed by atoms with E-state index in [4.69, 9.17) is 0 Å². The number of carboxylic acid groups (broad SMARTS) is 1. The first-order valence-corrected chi connectivity index (χ1v) is 12.4. The molecule has 0 amide bonds. The third kappa shape index (κ3) is 3.50. The Morgan fingerprint density at radius 3 is 2.71 bits per heavy atom. The van der Waals surface area contributed by atoms with Crippen molar-refractivity contribution in [2.45, 2.75) is 32.1 Å². The lowest BCUT2D eigenvalue weighted by Gasteiger charge is -2.46. The SMILES string of the molecule is O=C(O)C1C2CCC(CC2)C1Cc1nc(-c2c[nH]c3ncc(F)cc23)nc(-c2ccsc2)c1F. The Balaban J connectivity index is 1.49. The summed E-state index contributed by atoms with van der Waals surface area (Å²) in [5.74, 6) is -1.81. The van der Waals surface area contributed by atoms with Crippen LogP contribution in [0, 0.1) is 35.3 Å². The number of carbonyl (C=O) groups is 1. The summed E-state index contributed by atoms with van der Waals surface area (Å²) in [5.41, 5.74) is 2.04. The van der Waals surface area contributed by atoms with Crippen LogP contribution >= 0.6 is 11.3 Å². The molecule has 34 heavy (non-hydrogen) atoms. The first kappa shape index (κ1) is 21.3. The summed E-state index contributed by atoms with van der Waals surface area (Å²) in [7, 11) is 0. The number of nitrogens with zero attached hydrogens (tertiary/aromatic N) is 3. The number of aromatic nitrogens is 4. The summed E-state index contributed by atoms with van der Waals surface area (Å²) in [6.45, 7) is 0. The molecule has 3 fully saturated rings. The van der Waals surface area contributed by atoms with Gasteiger partial charge in [0.25, 0.3) is 0 Å². The molecule has 4 aromatic rings. The maximum Gasteiger partial charge on any atom is 0.307 e. The van der Waals surface area contributed by atoms with Crippen LogP contribution in [0.3, 0.4) is 0 Å². The van der Waals surface area contributed by atoms with Crippen LogP contribution in [0.5, 0.6) is 0 Å². The monoisotopic (exact) mass is 480 g/mol. The van der Waals surface area contributed by atoms with Gasteiger partial charge in [-0.15, -0.1) is 0 Å². The van der Waals surface area contributed by atoms with E-state index in [0.29, 0.717) is 22.2 Å². The van der Waals surface area contributed by atoms with Crippen LogP contribution < -0.4 is 0 Å². The summed E-state index contributed by atoms with van der Waals surface area (Å²) in [6, 6.07) is 3.15. The standard InChI is InChI=1S/C25H22F2N4O2S/c26-15-7-17-18(10-29-23(17)28-9-15)24-30-19(21(27)22(31-24)14-5-6-34-11-14)8-16-12-1-3-13(4-2-12)20(16)25(32)33/h5-7,9-13,16,20H,1-4,8H2,(H,28,29)(H,32,33). The molecule has 3 aliphatic carbocycles. The highest BCUT2D eigenvalue weighted by molar-refractivity contribution is 7.08. The number of aliphatic carboxylic acids is 1. The van der Waals surface area contributed by atoms with E-state index in [-0.39, 0.29) is 41.4 Å². The van der Waals surface area contributed by atoms with Crippen molar-refractivity contribution < 1.29 is 18.7 Å². The molecule has 7 rings (SSSR count). The van der Waals surface area contributed by atoms with E-state index in [1.165, 1.54) is 17.4 Å². The van der Waals surface area contributed by atoms with Gasteiger partial charge in [0.15, 0.2) is 11.6 Å². The molecule has 0 aromatic carbocycles. The maximum atomic E-state index is 15.8. The third-order valence-corrected chi connectivity index (χ3v) is 8.24. The molecule has 6 nitrogen and oxygen atoms in total. The predicted molar refractivity (Wildman–Crippen MR) is 124 cm³/mol. The zero-order chi connectivity index (χ0) is 23.4. The molecule has 3 saturated carbocycles. The second-order valence-corrected chi connectivity index (χ2v) is 10.1. The van der Waals surface area contributed by atoms with Gasteiger partial charge in [-0.3, -0.25) is 4.79 Å². The highest BCUT2D eigenvalue weighted by Crippen LogP contribution is 2.50. The van der Waals surface area contributed by atoms with Crippen LogP contribution in [0.2, 0.25) is 0 Å². The molecule has 0 spiro atoms. The zero-order valence-corrected chi connectivity index (χ0v) is 19.0. The lowest BCUT2D eigenvalue weighted by molar-refractivity contribution is -0.152. The Kier molecular flexibility index (Phi) is 5.17. The van der Waals surface area contributed by atoms with E-state index < -0.39 is 23.5 Å². The van der Waals surface area contributed by atoms with Crippen LogP contribution in [0.25, 0.3) is 33.7 Å². The fraction of sp³-hybridized carbons (Fsp3) is 0.360. The van der Waals surface area contributed by atoms with Crippen LogP contribution in [0.1, 0.15) is 31.4 Å². The van der Waals surface area contributed by atoms with Crippen molar-refractivity contribution in [1.82, 2.24) is 19.9 Å². The van der Waals surface area contributed by atoms with E-state index in [0.717, 1.165) is 31.9 Å². The van der Waals surface area contributed by atoms with Crippen molar-refractivity contribution in [2.24, 2.45) is 23.7 Å². The van der Waals surface area contributed by atoms with Gasteiger partial charge in [0, 0.05) is 28.1 Å². The second kappa shape index (κ2) is 8.23. The number of nitrogens with one attached hydrogen (secondary N) is 1. The highest BCUT2D eigenvalue weighted by atomic mass is 32.1. The Hall–Kier alpha value is -3.20. The Labute approximate surface area is 198 Å². The summed E-state index contributed by atoms with van der Waals surface area (Å²) >= 11 is 1.44. The molecule has 4 heterocycles. The first-order chi connectivity index (χ1) is 16.5. The average molecular weight is 481 g/mol. The van der Waals surface area contributed by atoms with E-state index in [1.807, 2.05) is 10.8 Å². The van der Waals surface area contributed by atoms with Gasteiger partial charge in [0.05, 0.1) is 17.8 Å². The lowest BCUT2D eigenvalue weighted by atomic mass is 9.57. The molecule has 174 valence electrons. The van der Waals surface area contributed by atoms with Gasteiger partial charge in [-0.2, -0.15) is 11.3 Å². The molecule has 0 aliphatic heterocycles. The van der Waals surface area contributed by atoms with Crippen molar-refractivity contribution in [3.63, 3.8) is 0 Å². The van der Waals surface area contributed by atoms with Crippen LogP contribution in [0.15, 0.2) is 35.3 Å². The predicted octanol–water partition coefficient (Wildman–Crippen LogP) is 5.71. The van der Waals surface area contributed by atoms with Crippen molar-refractivity contribution >= 4 is 28.3 Å². The van der Waals surface area contributed by atoms with Gasteiger partial charge in [-0.25, -0.2) is 23.7 Å².